The van der Waals surface area contributed by atoms with Crippen LogP contribution in [-0.4, -0.2) is 18.2 Å². The molecule has 2 rings (SSSR count). The summed E-state index contributed by atoms with van der Waals surface area (Å²) in [7, 11) is -1.82. The van der Waals surface area contributed by atoms with Crippen molar-refractivity contribution in [2.45, 2.75) is 24.9 Å². The number of sulfonamides is 1. The summed E-state index contributed by atoms with van der Waals surface area (Å²) >= 11 is 6.00. The largest absolute Gasteiger partial charge is 0.326 e. The highest BCUT2D eigenvalue weighted by Crippen LogP contribution is 2.20. The van der Waals surface area contributed by atoms with Crippen molar-refractivity contribution in [2.24, 2.45) is 12.8 Å². The molecule has 1 aromatic heterocycles. The van der Waals surface area contributed by atoms with Gasteiger partial charge in [0.1, 0.15) is 0 Å². The molecule has 0 aliphatic heterocycles. The van der Waals surface area contributed by atoms with Crippen LogP contribution in [-0.2, 0) is 30.2 Å². The Bertz CT molecular complexity index is 756. The zero-order chi connectivity index (χ0) is 15.6. The second-order valence-corrected chi connectivity index (χ2v) is 6.83. The Morgan fingerprint density at radius 3 is 2.62 bits per heavy atom. The summed E-state index contributed by atoms with van der Waals surface area (Å²) in [6.07, 6.45) is 1.64. The fourth-order valence-corrected chi connectivity index (χ4v) is 3.19. The summed E-state index contributed by atoms with van der Waals surface area (Å²) in [4.78, 5) is 0.117. The number of rotatable bonds is 5. The van der Waals surface area contributed by atoms with Crippen molar-refractivity contribution < 1.29 is 8.42 Å². The van der Waals surface area contributed by atoms with Gasteiger partial charge < -0.3 is 5.73 Å². The van der Waals surface area contributed by atoms with Gasteiger partial charge in [0, 0.05) is 36.4 Å². The van der Waals surface area contributed by atoms with Gasteiger partial charge in [0.05, 0.1) is 11.1 Å². The molecule has 3 N–H and O–H groups in total. The van der Waals surface area contributed by atoms with Crippen LogP contribution in [0.3, 0.4) is 0 Å². The summed E-state index contributed by atoms with van der Waals surface area (Å²) in [5, 5.41) is 4.42. The molecule has 6 nitrogen and oxygen atoms in total. The van der Waals surface area contributed by atoms with Gasteiger partial charge in [0.2, 0.25) is 10.0 Å². The van der Waals surface area contributed by atoms with E-state index in [2.05, 4.69) is 9.82 Å². The Labute approximate surface area is 129 Å². The van der Waals surface area contributed by atoms with E-state index in [1.807, 2.05) is 6.92 Å². The quantitative estimate of drug-likeness (QED) is 0.866. The first-order valence-corrected chi connectivity index (χ1v) is 8.17. The van der Waals surface area contributed by atoms with Crippen LogP contribution in [0.4, 0.5) is 0 Å². The van der Waals surface area contributed by atoms with E-state index in [-0.39, 0.29) is 18.0 Å². The molecule has 0 aliphatic rings. The van der Waals surface area contributed by atoms with Crippen molar-refractivity contribution in [2.75, 3.05) is 0 Å². The van der Waals surface area contributed by atoms with Gasteiger partial charge in [0.25, 0.3) is 0 Å². The summed E-state index contributed by atoms with van der Waals surface area (Å²) < 4.78 is 28.7. The lowest BCUT2D eigenvalue weighted by Crippen LogP contribution is -2.23. The van der Waals surface area contributed by atoms with Crippen LogP contribution in [0.25, 0.3) is 0 Å². The average molecular weight is 329 g/mol. The second kappa shape index (κ2) is 6.15. The number of aryl methyl sites for hydroxylation is 1. The number of hydrogen-bond acceptors (Lipinski definition) is 4. The normalized spacial score (nSPS) is 11.8. The lowest BCUT2D eigenvalue weighted by atomic mass is 10.2. The van der Waals surface area contributed by atoms with Gasteiger partial charge in [-0.2, -0.15) is 5.10 Å². The van der Waals surface area contributed by atoms with E-state index >= 15 is 0 Å². The second-order valence-electron chi connectivity index (χ2n) is 4.66. The smallest absolute Gasteiger partial charge is 0.240 e. The Kier molecular flexibility index (Phi) is 4.67. The van der Waals surface area contributed by atoms with Crippen LogP contribution in [0.15, 0.2) is 29.3 Å². The topological polar surface area (TPSA) is 90.0 Å². The first-order chi connectivity index (χ1) is 9.85. The number of benzene rings is 1. The number of halogens is 1. The zero-order valence-corrected chi connectivity index (χ0v) is 13.4. The molecule has 0 atom stereocenters. The van der Waals surface area contributed by atoms with Crippen LogP contribution in [0.1, 0.15) is 16.8 Å². The van der Waals surface area contributed by atoms with Crippen molar-refractivity contribution >= 4 is 21.6 Å². The predicted octanol–water partition coefficient (Wildman–Crippen LogP) is 1.32. The van der Waals surface area contributed by atoms with Crippen LogP contribution >= 0.6 is 11.6 Å². The maximum absolute atomic E-state index is 12.2. The first kappa shape index (κ1) is 16.0. The van der Waals surface area contributed by atoms with Gasteiger partial charge in [-0.05, 0) is 24.6 Å². The van der Waals surface area contributed by atoms with Gasteiger partial charge in [-0.3, -0.25) is 4.68 Å². The third-order valence-corrected chi connectivity index (χ3v) is 5.10. The number of nitrogens with one attached hydrogen (secondary N) is 1. The number of aromatic nitrogens is 2. The SMILES string of the molecule is Cc1c(CNS(=O)(=O)c2ccc(CN)c(Cl)c2)cnn1C. The molecule has 0 unspecified atom stereocenters. The van der Waals surface area contributed by atoms with E-state index in [9.17, 15) is 8.42 Å². The molecular weight excluding hydrogens is 312 g/mol. The highest BCUT2D eigenvalue weighted by molar-refractivity contribution is 7.89. The molecule has 8 heteroatoms. The molecule has 0 radical (unpaired) electrons. The van der Waals surface area contributed by atoms with Crippen molar-refractivity contribution in [1.82, 2.24) is 14.5 Å². The molecule has 0 amide bonds. The summed E-state index contributed by atoms with van der Waals surface area (Å²) in [5.74, 6) is 0. The van der Waals surface area contributed by atoms with Gasteiger partial charge in [-0.1, -0.05) is 17.7 Å². The van der Waals surface area contributed by atoms with Crippen molar-refractivity contribution in [1.29, 1.82) is 0 Å². The Balaban J connectivity index is 2.19. The fourth-order valence-electron chi connectivity index (χ4n) is 1.83. The molecule has 0 spiro atoms. The van der Waals surface area contributed by atoms with E-state index in [1.54, 1.807) is 24.0 Å². The molecule has 0 bridgehead atoms. The van der Waals surface area contributed by atoms with Gasteiger partial charge in [0.15, 0.2) is 0 Å². The summed E-state index contributed by atoms with van der Waals surface area (Å²) in [6.45, 7) is 2.32. The Morgan fingerprint density at radius 1 is 1.38 bits per heavy atom. The zero-order valence-electron chi connectivity index (χ0n) is 11.8. The average Bonchev–Trinajstić information content (AvgIpc) is 2.76. The van der Waals surface area contributed by atoms with Crippen molar-refractivity contribution in [3.8, 4) is 0 Å². The maximum Gasteiger partial charge on any atom is 0.240 e. The number of nitrogens with zero attached hydrogens (tertiary/aromatic N) is 2. The Hall–Kier alpha value is -1.41. The minimum absolute atomic E-state index is 0.117. The monoisotopic (exact) mass is 328 g/mol. The van der Waals surface area contributed by atoms with Crippen molar-refractivity contribution in [3.05, 3.63) is 46.2 Å². The molecule has 0 aliphatic carbocycles. The van der Waals surface area contributed by atoms with Crippen LogP contribution in [0, 0.1) is 6.92 Å². The van der Waals surface area contributed by atoms with Crippen LogP contribution < -0.4 is 10.5 Å². The highest BCUT2D eigenvalue weighted by Gasteiger charge is 2.16. The van der Waals surface area contributed by atoms with Gasteiger partial charge in [-0.25, -0.2) is 13.1 Å². The van der Waals surface area contributed by atoms with E-state index in [0.717, 1.165) is 11.3 Å². The Morgan fingerprint density at radius 2 is 2.10 bits per heavy atom. The molecule has 1 heterocycles. The van der Waals surface area contributed by atoms with E-state index in [0.29, 0.717) is 10.6 Å². The molecule has 21 heavy (non-hydrogen) atoms. The molecule has 0 saturated carbocycles. The lowest BCUT2D eigenvalue weighted by molar-refractivity contribution is 0.581. The molecule has 0 fully saturated rings. The number of hydrogen-bond donors (Lipinski definition) is 2. The molecule has 1 aromatic carbocycles. The maximum atomic E-state index is 12.2. The predicted molar refractivity (Wildman–Crippen MR) is 81.3 cm³/mol. The summed E-state index contributed by atoms with van der Waals surface area (Å²) in [5.41, 5.74) is 7.95. The highest BCUT2D eigenvalue weighted by atomic mass is 35.5. The summed E-state index contributed by atoms with van der Waals surface area (Å²) in [6, 6.07) is 4.51. The molecular formula is C13H17ClN4O2S. The van der Waals surface area contributed by atoms with Gasteiger partial charge >= 0.3 is 0 Å². The minimum Gasteiger partial charge on any atom is -0.326 e. The lowest BCUT2D eigenvalue weighted by Gasteiger charge is -2.08. The third-order valence-electron chi connectivity index (χ3n) is 3.34. The number of nitrogens with two attached hydrogens (primary N) is 1. The van der Waals surface area contributed by atoms with E-state index in [1.165, 1.54) is 12.1 Å². The van der Waals surface area contributed by atoms with Crippen molar-refractivity contribution in [3.63, 3.8) is 0 Å². The van der Waals surface area contributed by atoms with E-state index < -0.39 is 10.0 Å². The standard InChI is InChI=1S/C13H17ClN4O2S/c1-9-11(7-16-18(9)2)8-17-21(19,20)12-4-3-10(6-15)13(14)5-12/h3-5,7,17H,6,8,15H2,1-2H3. The fraction of sp³-hybridized carbons (Fsp3) is 0.308. The molecule has 0 saturated heterocycles. The first-order valence-electron chi connectivity index (χ1n) is 6.31. The third kappa shape index (κ3) is 3.44. The van der Waals surface area contributed by atoms with Crippen LogP contribution in [0.2, 0.25) is 5.02 Å². The minimum atomic E-state index is -3.63. The van der Waals surface area contributed by atoms with E-state index in [4.69, 9.17) is 17.3 Å². The van der Waals surface area contributed by atoms with Gasteiger partial charge in [-0.15, -0.1) is 0 Å². The molecule has 2 aromatic rings. The van der Waals surface area contributed by atoms with Crippen LogP contribution in [0.5, 0.6) is 0 Å². The molecule has 114 valence electrons.